The number of nitrogens with zero attached hydrogens (tertiary/aromatic N) is 5. The molecule has 0 saturated heterocycles. The minimum absolute atomic E-state index is 0.652. The Morgan fingerprint density at radius 3 is 1.64 bits per heavy atom. The molecule has 5 nitrogen and oxygen atoms in total. The summed E-state index contributed by atoms with van der Waals surface area (Å²) in [6, 6.07) is 60.9. The van der Waals surface area contributed by atoms with Crippen molar-refractivity contribution in [1.29, 1.82) is 0 Å². The van der Waals surface area contributed by atoms with Crippen LogP contribution in [0.25, 0.3) is 108 Å². The molecule has 262 valence electrons. The first kappa shape index (κ1) is 32.5. The number of aromatic nitrogens is 5. The number of thiophene rings is 2. The Labute approximate surface area is 330 Å². The van der Waals surface area contributed by atoms with E-state index >= 15 is 0 Å². The average molecular weight is 752 g/mol. The highest BCUT2D eigenvalue weighted by atomic mass is 32.1. The minimum atomic E-state index is 0.652. The Morgan fingerprint density at radius 1 is 0.321 bits per heavy atom. The van der Waals surface area contributed by atoms with Crippen molar-refractivity contribution in [2.75, 3.05) is 0 Å². The average Bonchev–Trinajstić information content (AvgIpc) is 3.85. The normalized spacial score (nSPS) is 11.6. The molecule has 0 saturated carbocycles. The van der Waals surface area contributed by atoms with Crippen LogP contribution >= 0.6 is 22.7 Å². The third kappa shape index (κ3) is 5.64. The molecule has 7 aromatic carbocycles. The monoisotopic (exact) mass is 751 g/mol. The number of fused-ring (bicyclic) bond motifs is 6. The van der Waals surface area contributed by atoms with Gasteiger partial charge in [-0.15, -0.1) is 22.7 Å². The summed E-state index contributed by atoms with van der Waals surface area (Å²) in [6.45, 7) is 0. The predicted molar refractivity (Wildman–Crippen MR) is 234 cm³/mol. The molecule has 11 rings (SSSR count). The molecule has 0 fully saturated rings. The first-order valence-electron chi connectivity index (χ1n) is 18.4. The molecule has 0 aliphatic rings. The van der Waals surface area contributed by atoms with Crippen LogP contribution in [0.2, 0.25) is 0 Å². The first-order chi connectivity index (χ1) is 27.7. The molecule has 7 heteroatoms. The molecule has 0 amide bonds. The summed E-state index contributed by atoms with van der Waals surface area (Å²) >= 11 is 3.54. The topological polar surface area (TPSA) is 64.5 Å². The van der Waals surface area contributed by atoms with E-state index in [0.717, 1.165) is 71.5 Å². The highest BCUT2D eigenvalue weighted by molar-refractivity contribution is 7.26. The van der Waals surface area contributed by atoms with Gasteiger partial charge in [0.2, 0.25) is 0 Å². The lowest BCUT2D eigenvalue weighted by molar-refractivity contribution is 1.08. The van der Waals surface area contributed by atoms with Crippen LogP contribution in [0.4, 0.5) is 0 Å². The van der Waals surface area contributed by atoms with Crippen molar-refractivity contribution in [3.8, 4) is 67.9 Å². The molecule has 4 aromatic heterocycles. The van der Waals surface area contributed by atoms with E-state index in [1.807, 2.05) is 66.7 Å². The predicted octanol–water partition coefficient (Wildman–Crippen LogP) is 13.4. The van der Waals surface area contributed by atoms with E-state index in [9.17, 15) is 0 Å². The molecular formula is C49H29N5S2. The Hall–Kier alpha value is -6.93. The summed E-state index contributed by atoms with van der Waals surface area (Å²) < 4.78 is 4.70. The molecule has 0 spiro atoms. The summed E-state index contributed by atoms with van der Waals surface area (Å²) in [4.78, 5) is 25.5. The Morgan fingerprint density at radius 2 is 0.893 bits per heavy atom. The van der Waals surface area contributed by atoms with Crippen LogP contribution in [0, 0.1) is 0 Å². The number of hydrogen-bond acceptors (Lipinski definition) is 7. The van der Waals surface area contributed by atoms with Crippen LogP contribution in [0.5, 0.6) is 0 Å². The molecule has 0 unspecified atom stereocenters. The molecule has 4 heterocycles. The molecule has 11 aromatic rings. The van der Waals surface area contributed by atoms with Gasteiger partial charge in [-0.05, 0) is 35.4 Å². The van der Waals surface area contributed by atoms with Crippen molar-refractivity contribution >= 4 is 63.1 Å². The van der Waals surface area contributed by atoms with E-state index in [0.29, 0.717) is 17.5 Å². The maximum atomic E-state index is 5.22. The van der Waals surface area contributed by atoms with Crippen molar-refractivity contribution < 1.29 is 0 Å². The van der Waals surface area contributed by atoms with Crippen LogP contribution < -0.4 is 0 Å². The van der Waals surface area contributed by atoms with Crippen molar-refractivity contribution in [1.82, 2.24) is 24.9 Å². The molecule has 0 radical (unpaired) electrons. The Kier molecular flexibility index (Phi) is 7.79. The van der Waals surface area contributed by atoms with Crippen LogP contribution in [0.3, 0.4) is 0 Å². The molecule has 0 aliphatic carbocycles. The van der Waals surface area contributed by atoms with Gasteiger partial charge in [0.05, 0.1) is 15.9 Å². The summed E-state index contributed by atoms with van der Waals surface area (Å²) in [7, 11) is 0. The maximum Gasteiger partial charge on any atom is 0.164 e. The fourth-order valence-corrected chi connectivity index (χ4v) is 9.80. The maximum absolute atomic E-state index is 5.22. The largest absolute Gasteiger partial charge is 0.226 e. The van der Waals surface area contributed by atoms with Gasteiger partial charge in [0.15, 0.2) is 23.3 Å². The van der Waals surface area contributed by atoms with Gasteiger partial charge in [-0.25, -0.2) is 24.9 Å². The van der Waals surface area contributed by atoms with Crippen molar-refractivity contribution in [3.05, 3.63) is 176 Å². The Bertz CT molecular complexity index is 3190. The quantitative estimate of drug-likeness (QED) is 0.169. The van der Waals surface area contributed by atoms with Crippen LogP contribution in [-0.2, 0) is 0 Å². The van der Waals surface area contributed by atoms with Gasteiger partial charge in [-0.2, -0.15) is 0 Å². The third-order valence-electron chi connectivity index (χ3n) is 10.2. The first-order valence-corrected chi connectivity index (χ1v) is 20.0. The summed E-state index contributed by atoms with van der Waals surface area (Å²) in [5, 5.41) is 3.48. The lowest BCUT2D eigenvalue weighted by atomic mass is 10.00. The smallest absolute Gasteiger partial charge is 0.164 e. The zero-order valence-corrected chi connectivity index (χ0v) is 31.4. The highest BCUT2D eigenvalue weighted by Gasteiger charge is 2.19. The molecule has 0 aliphatic heterocycles. The van der Waals surface area contributed by atoms with Gasteiger partial charge in [-0.3, -0.25) is 0 Å². The zero-order chi connectivity index (χ0) is 37.0. The second kappa shape index (κ2) is 13.4. The molecule has 56 heavy (non-hydrogen) atoms. The molecule has 0 N–H and O–H groups in total. The van der Waals surface area contributed by atoms with Gasteiger partial charge in [-0.1, -0.05) is 152 Å². The molecule has 0 bridgehead atoms. The highest BCUT2D eigenvalue weighted by Crippen LogP contribution is 2.43. The lowest BCUT2D eigenvalue weighted by Gasteiger charge is -2.10. The van der Waals surface area contributed by atoms with Crippen molar-refractivity contribution in [2.45, 2.75) is 0 Å². The molecule has 0 atom stereocenters. The van der Waals surface area contributed by atoms with Crippen LogP contribution in [0.15, 0.2) is 176 Å². The summed E-state index contributed by atoms with van der Waals surface area (Å²) in [5.74, 6) is 2.68. The number of rotatable bonds is 6. The van der Waals surface area contributed by atoms with Gasteiger partial charge >= 0.3 is 0 Å². The van der Waals surface area contributed by atoms with Crippen LogP contribution in [0.1, 0.15) is 0 Å². The fraction of sp³-hybridized carbons (Fsp3) is 0. The molecular weight excluding hydrogens is 723 g/mol. The SMILES string of the molecule is c1ccc(-c2nc(-c3ccccc3)nc(-c3cccc4sc5cc(-c6cccc(-c7nc(-c8ccccc8)c8sc9ccccc9c8n7)c6)ccc5c34)n2)cc1. The van der Waals surface area contributed by atoms with Gasteiger partial charge in [0, 0.05) is 58.1 Å². The second-order valence-electron chi connectivity index (χ2n) is 13.6. The minimum Gasteiger partial charge on any atom is -0.226 e. The summed E-state index contributed by atoms with van der Waals surface area (Å²) in [6.07, 6.45) is 0. The van der Waals surface area contributed by atoms with E-state index in [1.165, 1.54) is 19.5 Å². The zero-order valence-electron chi connectivity index (χ0n) is 29.8. The third-order valence-corrected chi connectivity index (χ3v) is 12.4. The van der Waals surface area contributed by atoms with E-state index in [2.05, 4.69) is 109 Å². The Balaban J connectivity index is 1.03. The van der Waals surface area contributed by atoms with Gasteiger partial charge < -0.3 is 0 Å². The summed E-state index contributed by atoms with van der Waals surface area (Å²) in [5.41, 5.74) is 9.16. The van der Waals surface area contributed by atoms with Gasteiger partial charge in [0.1, 0.15) is 0 Å². The van der Waals surface area contributed by atoms with E-state index in [1.54, 1.807) is 22.7 Å². The van der Waals surface area contributed by atoms with E-state index in [-0.39, 0.29) is 0 Å². The number of hydrogen-bond donors (Lipinski definition) is 0. The number of benzene rings is 7. The van der Waals surface area contributed by atoms with E-state index < -0.39 is 0 Å². The second-order valence-corrected chi connectivity index (χ2v) is 15.8. The fourth-order valence-electron chi connectivity index (χ4n) is 7.47. The standard InChI is InChI=1S/C49H29N5S2/c1-4-14-30(15-5-1)43-45-44(37-22-10-11-24-39(37)56-45)51-48(50-43)35-21-12-20-33(28-35)34-26-27-36-41(29-34)55-40-25-13-23-38(42(36)40)49-53-46(31-16-6-2-7-17-31)52-47(54-49)32-18-8-3-9-19-32/h1-29H. The van der Waals surface area contributed by atoms with Crippen molar-refractivity contribution in [2.24, 2.45) is 0 Å². The lowest BCUT2D eigenvalue weighted by Crippen LogP contribution is -2.00. The van der Waals surface area contributed by atoms with E-state index in [4.69, 9.17) is 24.9 Å². The van der Waals surface area contributed by atoms with Gasteiger partial charge in [0.25, 0.3) is 0 Å². The van der Waals surface area contributed by atoms with Crippen LogP contribution in [-0.4, -0.2) is 24.9 Å². The van der Waals surface area contributed by atoms with Crippen molar-refractivity contribution in [3.63, 3.8) is 0 Å².